The maximum Gasteiger partial charge on any atom is 0.248 e. The van der Waals surface area contributed by atoms with E-state index in [1.807, 2.05) is 30.3 Å². The highest BCUT2D eigenvalue weighted by molar-refractivity contribution is 5.80. The Morgan fingerprint density at radius 2 is 2.07 bits per heavy atom. The Bertz CT molecular complexity index is 298. The molecule has 0 aliphatic rings. The Hall–Kier alpha value is -1.35. The van der Waals surface area contributed by atoms with Gasteiger partial charge in [-0.2, -0.15) is 0 Å². The van der Waals surface area contributed by atoms with Crippen LogP contribution in [-0.4, -0.2) is 23.7 Å². The van der Waals surface area contributed by atoms with Crippen molar-refractivity contribution in [3.05, 3.63) is 35.9 Å². The Morgan fingerprint density at radius 1 is 1.40 bits per heavy atom. The number of hydrogen-bond donors (Lipinski definition) is 2. The number of carbonyl (C=O) groups is 1. The van der Waals surface area contributed by atoms with E-state index in [-0.39, 0.29) is 5.91 Å². The monoisotopic (exact) mass is 207 g/mol. The van der Waals surface area contributed by atoms with Crippen LogP contribution in [0.2, 0.25) is 0 Å². The van der Waals surface area contributed by atoms with Crippen LogP contribution in [0, 0.1) is 0 Å². The lowest BCUT2D eigenvalue weighted by atomic mass is 10.1. The van der Waals surface area contributed by atoms with E-state index >= 15 is 0 Å². The lowest BCUT2D eigenvalue weighted by Crippen LogP contribution is -2.35. The summed E-state index contributed by atoms with van der Waals surface area (Å²) in [6.45, 7) is 2.35. The predicted octanol–water partition coefficient (Wildman–Crippen LogP) is 1.12. The molecular formula is C12H17NO2. The summed E-state index contributed by atoms with van der Waals surface area (Å²) in [6.07, 6.45) is 0.376. The van der Waals surface area contributed by atoms with Crippen molar-refractivity contribution in [2.75, 3.05) is 6.54 Å². The van der Waals surface area contributed by atoms with E-state index in [9.17, 15) is 9.90 Å². The van der Waals surface area contributed by atoms with Crippen LogP contribution < -0.4 is 5.32 Å². The molecule has 1 atom stereocenters. The second kappa shape index (κ2) is 6.19. The topological polar surface area (TPSA) is 49.3 Å². The Balaban J connectivity index is 2.25. The highest BCUT2D eigenvalue weighted by atomic mass is 16.3. The molecule has 0 aliphatic carbocycles. The van der Waals surface area contributed by atoms with Gasteiger partial charge in [0.2, 0.25) is 5.91 Å². The summed E-state index contributed by atoms with van der Waals surface area (Å²) in [7, 11) is 0. The van der Waals surface area contributed by atoms with Gasteiger partial charge in [0.25, 0.3) is 0 Å². The minimum Gasteiger partial charge on any atom is -0.383 e. The minimum absolute atomic E-state index is 0.284. The van der Waals surface area contributed by atoms with E-state index in [0.717, 1.165) is 6.42 Å². The van der Waals surface area contributed by atoms with Crippen molar-refractivity contribution >= 4 is 5.91 Å². The standard InChI is InChI=1S/C12H17NO2/c1-2-11(14)12(15)13-9-8-10-6-4-3-5-7-10/h3-7,11,14H,2,8-9H2,1H3,(H,13,15). The third-order valence-corrected chi connectivity index (χ3v) is 2.25. The molecule has 0 saturated carbocycles. The molecule has 0 aromatic heterocycles. The van der Waals surface area contributed by atoms with Crippen LogP contribution in [-0.2, 0) is 11.2 Å². The zero-order valence-corrected chi connectivity index (χ0v) is 8.94. The molecule has 2 N–H and O–H groups in total. The van der Waals surface area contributed by atoms with Gasteiger partial charge in [0, 0.05) is 6.54 Å². The normalized spacial score (nSPS) is 12.1. The molecule has 0 fully saturated rings. The van der Waals surface area contributed by atoms with Crippen LogP contribution in [0.1, 0.15) is 18.9 Å². The smallest absolute Gasteiger partial charge is 0.248 e. The quantitative estimate of drug-likeness (QED) is 0.760. The van der Waals surface area contributed by atoms with Gasteiger partial charge in [-0.1, -0.05) is 37.3 Å². The molecule has 1 aromatic rings. The summed E-state index contributed by atoms with van der Waals surface area (Å²) >= 11 is 0. The highest BCUT2D eigenvalue weighted by Gasteiger charge is 2.10. The fourth-order valence-electron chi connectivity index (χ4n) is 1.28. The molecule has 1 aromatic carbocycles. The molecule has 0 saturated heterocycles. The summed E-state index contributed by atoms with van der Waals surface area (Å²) in [5.41, 5.74) is 1.18. The largest absolute Gasteiger partial charge is 0.383 e. The first-order chi connectivity index (χ1) is 7.24. The van der Waals surface area contributed by atoms with Crippen LogP contribution in [0.25, 0.3) is 0 Å². The van der Waals surface area contributed by atoms with E-state index in [1.54, 1.807) is 6.92 Å². The Kier molecular flexibility index (Phi) is 4.84. The lowest BCUT2D eigenvalue weighted by molar-refractivity contribution is -0.129. The molecule has 0 bridgehead atoms. The molecule has 0 aliphatic heterocycles. The van der Waals surface area contributed by atoms with Gasteiger partial charge in [-0.05, 0) is 18.4 Å². The first-order valence-corrected chi connectivity index (χ1v) is 5.23. The van der Waals surface area contributed by atoms with Crippen molar-refractivity contribution in [2.24, 2.45) is 0 Å². The van der Waals surface area contributed by atoms with Crippen molar-refractivity contribution in [3.63, 3.8) is 0 Å². The number of benzene rings is 1. The first kappa shape index (κ1) is 11.7. The van der Waals surface area contributed by atoms with Crippen molar-refractivity contribution in [2.45, 2.75) is 25.9 Å². The second-order valence-electron chi connectivity index (χ2n) is 3.45. The molecule has 1 amide bonds. The third-order valence-electron chi connectivity index (χ3n) is 2.25. The summed E-state index contributed by atoms with van der Waals surface area (Å²) in [6, 6.07) is 9.93. The predicted molar refractivity (Wildman–Crippen MR) is 59.5 cm³/mol. The van der Waals surface area contributed by atoms with Crippen LogP contribution in [0.4, 0.5) is 0 Å². The van der Waals surface area contributed by atoms with Gasteiger partial charge >= 0.3 is 0 Å². The number of nitrogens with one attached hydrogen (secondary N) is 1. The maximum absolute atomic E-state index is 11.2. The average Bonchev–Trinajstić information content (AvgIpc) is 2.29. The summed E-state index contributed by atoms with van der Waals surface area (Å²) < 4.78 is 0. The summed E-state index contributed by atoms with van der Waals surface area (Å²) in [5, 5.41) is 11.9. The molecular weight excluding hydrogens is 190 g/mol. The molecule has 3 heteroatoms. The number of hydrogen-bond acceptors (Lipinski definition) is 2. The average molecular weight is 207 g/mol. The maximum atomic E-state index is 11.2. The second-order valence-corrected chi connectivity index (χ2v) is 3.45. The lowest BCUT2D eigenvalue weighted by Gasteiger charge is -2.08. The van der Waals surface area contributed by atoms with Crippen LogP contribution in [0.3, 0.4) is 0 Å². The zero-order valence-electron chi connectivity index (χ0n) is 8.94. The Morgan fingerprint density at radius 3 is 2.67 bits per heavy atom. The van der Waals surface area contributed by atoms with Gasteiger partial charge in [-0.15, -0.1) is 0 Å². The Labute approximate surface area is 90.1 Å². The van der Waals surface area contributed by atoms with Crippen molar-refractivity contribution < 1.29 is 9.90 Å². The van der Waals surface area contributed by atoms with E-state index in [0.29, 0.717) is 13.0 Å². The van der Waals surface area contributed by atoms with E-state index in [1.165, 1.54) is 5.56 Å². The molecule has 15 heavy (non-hydrogen) atoms. The van der Waals surface area contributed by atoms with Crippen molar-refractivity contribution in [1.29, 1.82) is 0 Å². The molecule has 1 rings (SSSR count). The molecule has 0 heterocycles. The third kappa shape index (κ3) is 4.13. The fourth-order valence-corrected chi connectivity index (χ4v) is 1.28. The van der Waals surface area contributed by atoms with Crippen molar-refractivity contribution in [3.8, 4) is 0 Å². The molecule has 3 nitrogen and oxygen atoms in total. The minimum atomic E-state index is -0.874. The van der Waals surface area contributed by atoms with Gasteiger partial charge in [0.1, 0.15) is 6.10 Å². The highest BCUT2D eigenvalue weighted by Crippen LogP contribution is 1.98. The number of aliphatic hydroxyl groups excluding tert-OH is 1. The molecule has 0 spiro atoms. The number of carbonyl (C=O) groups excluding carboxylic acids is 1. The molecule has 0 radical (unpaired) electrons. The van der Waals surface area contributed by atoms with Gasteiger partial charge in [-0.25, -0.2) is 0 Å². The fraction of sp³-hybridized carbons (Fsp3) is 0.417. The van der Waals surface area contributed by atoms with Gasteiger partial charge in [0.15, 0.2) is 0 Å². The summed E-state index contributed by atoms with van der Waals surface area (Å²) in [5.74, 6) is -0.284. The van der Waals surface area contributed by atoms with Gasteiger partial charge < -0.3 is 10.4 Å². The zero-order chi connectivity index (χ0) is 11.1. The van der Waals surface area contributed by atoms with Gasteiger partial charge in [-0.3, -0.25) is 4.79 Å². The van der Waals surface area contributed by atoms with Crippen molar-refractivity contribution in [1.82, 2.24) is 5.32 Å². The molecule has 1 unspecified atom stereocenters. The number of amides is 1. The summed E-state index contributed by atoms with van der Waals surface area (Å²) in [4.78, 5) is 11.2. The van der Waals surface area contributed by atoms with E-state index in [2.05, 4.69) is 5.32 Å². The van der Waals surface area contributed by atoms with Gasteiger partial charge in [0.05, 0.1) is 0 Å². The van der Waals surface area contributed by atoms with Crippen LogP contribution >= 0.6 is 0 Å². The van der Waals surface area contributed by atoms with Crippen LogP contribution in [0.5, 0.6) is 0 Å². The van der Waals surface area contributed by atoms with E-state index in [4.69, 9.17) is 0 Å². The first-order valence-electron chi connectivity index (χ1n) is 5.23. The molecule has 82 valence electrons. The van der Waals surface area contributed by atoms with Crippen LogP contribution in [0.15, 0.2) is 30.3 Å². The number of rotatable bonds is 5. The van der Waals surface area contributed by atoms with E-state index < -0.39 is 6.10 Å². The number of aliphatic hydroxyl groups is 1. The SMILES string of the molecule is CCC(O)C(=O)NCCc1ccccc1.